The van der Waals surface area contributed by atoms with Gasteiger partial charge in [-0.3, -0.25) is 4.79 Å². The molecule has 0 heterocycles. The summed E-state index contributed by atoms with van der Waals surface area (Å²) in [4.78, 5) is 11.6. The third-order valence-corrected chi connectivity index (χ3v) is 4.51. The number of hydrogen-bond acceptors (Lipinski definition) is 3. The second-order valence-corrected chi connectivity index (χ2v) is 6.75. The predicted octanol–water partition coefficient (Wildman–Crippen LogP) is 3.02. The van der Waals surface area contributed by atoms with E-state index in [4.69, 9.17) is 0 Å². The minimum atomic E-state index is -0.0631. The molecule has 1 aliphatic rings. The van der Waals surface area contributed by atoms with Gasteiger partial charge < -0.3 is 5.11 Å². The first-order chi connectivity index (χ1) is 8.97. The lowest BCUT2D eigenvalue weighted by Gasteiger charge is -2.25. The Morgan fingerprint density at radius 2 is 2.00 bits per heavy atom. The number of aromatic hydroxyl groups is 1. The number of carbonyl (C=O) groups excluding carboxylic acids is 1. The van der Waals surface area contributed by atoms with Gasteiger partial charge in [0.1, 0.15) is 5.75 Å². The van der Waals surface area contributed by atoms with Gasteiger partial charge >= 0.3 is 0 Å². The fourth-order valence-electron chi connectivity index (χ4n) is 1.74. The van der Waals surface area contributed by atoms with Gasteiger partial charge in [0.15, 0.2) is 0 Å². The molecule has 100 valence electrons. The van der Waals surface area contributed by atoms with Gasteiger partial charge in [0.25, 0.3) is 0 Å². The molecule has 1 amide bonds. The van der Waals surface area contributed by atoms with Crippen molar-refractivity contribution in [3.8, 4) is 5.75 Å². The molecule has 1 aromatic rings. The minimum Gasteiger partial charge on any atom is -0.506 e. The minimum absolute atomic E-state index is 0.0183. The molecule has 0 saturated heterocycles. The van der Waals surface area contributed by atoms with E-state index in [9.17, 15) is 9.90 Å². The number of phenolic OH excluding ortho intramolecular Hbond substituents is 1. The van der Waals surface area contributed by atoms with Crippen molar-refractivity contribution in [1.29, 1.82) is 0 Å². The van der Waals surface area contributed by atoms with Gasteiger partial charge in [-0.2, -0.15) is 5.10 Å². The Morgan fingerprint density at radius 3 is 2.53 bits per heavy atom. The van der Waals surface area contributed by atoms with Crippen LogP contribution in [-0.4, -0.2) is 17.2 Å². The molecular weight excluding hydrogens is 470 g/mol. The highest BCUT2D eigenvalue weighted by Crippen LogP contribution is 2.31. The Hall–Kier alpha value is -0.640. The monoisotopic (exact) mass is 482 g/mol. The van der Waals surface area contributed by atoms with Crippen LogP contribution >= 0.6 is 45.2 Å². The molecule has 19 heavy (non-hydrogen) atoms. The van der Waals surface area contributed by atoms with Gasteiger partial charge in [0.05, 0.1) is 13.4 Å². The summed E-state index contributed by atoms with van der Waals surface area (Å²) in [6, 6.07) is 3.61. The quantitative estimate of drug-likeness (QED) is 0.302. The smallest absolute Gasteiger partial charge is 0.243 e. The van der Waals surface area contributed by atoms with Gasteiger partial charge in [-0.05, 0) is 75.7 Å². The van der Waals surface area contributed by atoms with Crippen LogP contribution in [0.5, 0.6) is 5.75 Å². The molecule has 0 bridgehead atoms. The highest BCUT2D eigenvalue weighted by Gasteiger charge is 2.27. The molecule has 1 aromatic carbocycles. The maximum absolute atomic E-state index is 11.6. The van der Waals surface area contributed by atoms with Crippen LogP contribution in [-0.2, 0) is 4.79 Å². The SMILES string of the molecule is C=C1CC(C(=O)N/N=C\c2cc(I)c(O)c(I)c2)C1. The van der Waals surface area contributed by atoms with Crippen molar-refractivity contribution in [1.82, 2.24) is 5.43 Å². The Morgan fingerprint density at radius 1 is 1.42 bits per heavy atom. The standard InChI is InChI=1S/C13H12I2N2O2/c1-7-2-9(3-7)13(19)17-16-6-8-4-10(14)12(18)11(15)5-8/h4-6,9,18H,1-3H2,(H,17,19)/b16-6-. The number of hydrazone groups is 1. The van der Waals surface area contributed by atoms with Gasteiger partial charge in [-0.25, -0.2) is 5.43 Å². The van der Waals surface area contributed by atoms with Crippen molar-refractivity contribution in [2.24, 2.45) is 11.0 Å². The molecule has 0 spiro atoms. The normalized spacial score (nSPS) is 15.6. The lowest BCUT2D eigenvalue weighted by molar-refractivity contribution is -0.126. The average Bonchev–Trinajstić information content (AvgIpc) is 2.31. The van der Waals surface area contributed by atoms with Crippen LogP contribution in [0, 0.1) is 13.1 Å². The molecule has 4 nitrogen and oxygen atoms in total. The number of nitrogens with zero attached hydrogens (tertiary/aromatic N) is 1. The molecule has 0 aliphatic heterocycles. The zero-order valence-electron chi connectivity index (χ0n) is 9.99. The second kappa shape index (κ2) is 6.21. The number of phenols is 1. The summed E-state index contributed by atoms with van der Waals surface area (Å²) in [5, 5.41) is 13.6. The van der Waals surface area contributed by atoms with Crippen LogP contribution in [0.2, 0.25) is 0 Å². The number of rotatable bonds is 3. The highest BCUT2D eigenvalue weighted by molar-refractivity contribution is 14.1. The number of amides is 1. The fraction of sp³-hybridized carbons (Fsp3) is 0.231. The highest BCUT2D eigenvalue weighted by atomic mass is 127. The van der Waals surface area contributed by atoms with Crippen LogP contribution in [0.4, 0.5) is 0 Å². The summed E-state index contributed by atoms with van der Waals surface area (Å²) in [5.74, 6) is 0.229. The van der Waals surface area contributed by atoms with Crippen molar-refractivity contribution in [3.63, 3.8) is 0 Å². The number of nitrogens with one attached hydrogen (secondary N) is 1. The van der Waals surface area contributed by atoms with E-state index in [0.717, 1.165) is 31.1 Å². The maximum atomic E-state index is 11.6. The number of hydrogen-bond donors (Lipinski definition) is 2. The summed E-state index contributed by atoms with van der Waals surface area (Å²) >= 11 is 4.11. The molecule has 0 atom stereocenters. The molecule has 1 saturated carbocycles. The number of benzene rings is 1. The predicted molar refractivity (Wildman–Crippen MR) is 91.1 cm³/mol. The maximum Gasteiger partial charge on any atom is 0.243 e. The Labute approximate surface area is 138 Å². The summed E-state index contributed by atoms with van der Waals surface area (Å²) in [6.07, 6.45) is 3.10. The molecular formula is C13H12I2N2O2. The van der Waals surface area contributed by atoms with E-state index in [1.165, 1.54) is 0 Å². The van der Waals surface area contributed by atoms with Crippen LogP contribution < -0.4 is 5.43 Å². The summed E-state index contributed by atoms with van der Waals surface area (Å²) in [6.45, 7) is 3.80. The lowest BCUT2D eigenvalue weighted by atomic mass is 9.81. The van der Waals surface area contributed by atoms with E-state index >= 15 is 0 Å². The van der Waals surface area contributed by atoms with Crippen molar-refractivity contribution in [2.75, 3.05) is 0 Å². The molecule has 1 aliphatic carbocycles. The van der Waals surface area contributed by atoms with Crippen molar-refractivity contribution in [3.05, 3.63) is 37.0 Å². The van der Waals surface area contributed by atoms with E-state index in [1.54, 1.807) is 18.3 Å². The first-order valence-corrected chi connectivity index (χ1v) is 7.80. The van der Waals surface area contributed by atoms with Crippen LogP contribution in [0.25, 0.3) is 0 Å². The lowest BCUT2D eigenvalue weighted by Crippen LogP contribution is -2.32. The fourth-order valence-corrected chi connectivity index (χ4v) is 3.56. The zero-order chi connectivity index (χ0) is 14.0. The van der Waals surface area contributed by atoms with Crippen molar-refractivity contribution >= 4 is 57.3 Å². The molecule has 6 heteroatoms. The van der Waals surface area contributed by atoms with Crippen molar-refractivity contribution in [2.45, 2.75) is 12.8 Å². The van der Waals surface area contributed by atoms with Crippen LogP contribution in [0.1, 0.15) is 18.4 Å². The van der Waals surface area contributed by atoms with Gasteiger partial charge in [-0.15, -0.1) is 0 Å². The first-order valence-electron chi connectivity index (χ1n) is 5.65. The number of carbonyl (C=O) groups is 1. The van der Waals surface area contributed by atoms with E-state index in [0.29, 0.717) is 0 Å². The van der Waals surface area contributed by atoms with E-state index in [-0.39, 0.29) is 17.6 Å². The Balaban J connectivity index is 1.95. The largest absolute Gasteiger partial charge is 0.506 e. The Kier molecular flexibility index (Phi) is 4.82. The van der Waals surface area contributed by atoms with E-state index < -0.39 is 0 Å². The van der Waals surface area contributed by atoms with Crippen LogP contribution in [0.15, 0.2) is 29.4 Å². The zero-order valence-corrected chi connectivity index (χ0v) is 14.3. The average molecular weight is 482 g/mol. The summed E-state index contributed by atoms with van der Waals surface area (Å²) < 4.78 is 1.51. The molecule has 0 aromatic heterocycles. The molecule has 0 radical (unpaired) electrons. The number of allylic oxidation sites excluding steroid dienone is 1. The number of halogens is 2. The van der Waals surface area contributed by atoms with E-state index in [2.05, 4.69) is 62.3 Å². The molecule has 1 fully saturated rings. The molecule has 0 unspecified atom stereocenters. The first kappa shape index (κ1) is 14.8. The Bertz CT molecular complexity index is 539. The van der Waals surface area contributed by atoms with Gasteiger partial charge in [0, 0.05) is 5.92 Å². The third-order valence-electron chi connectivity index (χ3n) is 2.87. The van der Waals surface area contributed by atoms with Gasteiger partial charge in [0.2, 0.25) is 5.91 Å². The summed E-state index contributed by atoms with van der Waals surface area (Å²) in [7, 11) is 0. The molecule has 2 rings (SSSR count). The second-order valence-electron chi connectivity index (χ2n) is 4.42. The van der Waals surface area contributed by atoms with Crippen LogP contribution in [0.3, 0.4) is 0 Å². The third kappa shape index (κ3) is 3.68. The van der Waals surface area contributed by atoms with Crippen molar-refractivity contribution < 1.29 is 9.90 Å². The van der Waals surface area contributed by atoms with Gasteiger partial charge in [-0.1, -0.05) is 12.2 Å². The molecule has 2 N–H and O–H groups in total. The van der Waals surface area contributed by atoms with E-state index in [1.807, 2.05) is 0 Å². The summed E-state index contributed by atoms with van der Waals surface area (Å²) in [5.41, 5.74) is 4.48. The topological polar surface area (TPSA) is 61.7 Å².